The zero-order valence-corrected chi connectivity index (χ0v) is 25.9. The summed E-state index contributed by atoms with van der Waals surface area (Å²) >= 11 is 0. The fourth-order valence-corrected chi connectivity index (χ4v) is 7.34. The summed E-state index contributed by atoms with van der Waals surface area (Å²) in [5.41, 5.74) is 3.80. The number of anilines is 1. The molecule has 234 valence electrons. The summed E-state index contributed by atoms with van der Waals surface area (Å²) in [6, 6.07) is 13.3. The van der Waals surface area contributed by atoms with E-state index in [1.165, 1.54) is 23.6 Å². The number of sulfonamides is 1. The van der Waals surface area contributed by atoms with E-state index >= 15 is 0 Å². The Bertz CT molecular complexity index is 1480. The normalized spacial score (nSPS) is 17.8. The molecular weight excluding hydrogens is 568 g/mol. The van der Waals surface area contributed by atoms with Crippen LogP contribution in [0.25, 0.3) is 10.9 Å². The molecule has 1 amide bonds. The number of aliphatic hydroxyl groups is 1. The number of nitrogens with one attached hydrogen (secondary N) is 2. The molecule has 0 saturated heterocycles. The first kappa shape index (κ1) is 32.5. The molecule has 2 atom stereocenters. The van der Waals surface area contributed by atoms with Crippen molar-refractivity contribution in [1.82, 2.24) is 15.2 Å². The van der Waals surface area contributed by atoms with Gasteiger partial charge in [-0.05, 0) is 55.4 Å². The maximum absolute atomic E-state index is 13.8. The van der Waals surface area contributed by atoms with Crippen LogP contribution in [0.5, 0.6) is 0 Å². The number of carboxylic acid groups (broad SMARTS) is 1. The number of aromatic nitrogens is 1. The van der Waals surface area contributed by atoms with Gasteiger partial charge in [0.25, 0.3) is 12.4 Å². The van der Waals surface area contributed by atoms with Crippen LogP contribution in [-0.4, -0.2) is 73.1 Å². The maximum Gasteiger partial charge on any atom is 0.290 e. The van der Waals surface area contributed by atoms with Crippen molar-refractivity contribution >= 4 is 39.0 Å². The number of carbonyl (C=O) groups excluding carboxylic acids is 1. The summed E-state index contributed by atoms with van der Waals surface area (Å²) < 4.78 is 29.4. The van der Waals surface area contributed by atoms with Crippen molar-refractivity contribution in [2.45, 2.75) is 83.0 Å². The molecule has 1 saturated carbocycles. The Morgan fingerprint density at radius 1 is 1.14 bits per heavy atom. The zero-order valence-electron chi connectivity index (χ0n) is 25.0. The second-order valence-electron chi connectivity index (χ2n) is 11.5. The van der Waals surface area contributed by atoms with Crippen molar-refractivity contribution in [3.05, 3.63) is 65.4 Å². The molecule has 0 radical (unpaired) electrons. The molecule has 1 aliphatic carbocycles. The Hall–Kier alpha value is -3.41. The van der Waals surface area contributed by atoms with Gasteiger partial charge in [-0.1, -0.05) is 56.5 Å². The fraction of sp³-hybridized carbons (Fsp3) is 0.500. The van der Waals surface area contributed by atoms with E-state index in [2.05, 4.69) is 22.1 Å². The summed E-state index contributed by atoms with van der Waals surface area (Å²) in [6.07, 6.45) is 8.99. The van der Waals surface area contributed by atoms with Gasteiger partial charge < -0.3 is 25.4 Å². The van der Waals surface area contributed by atoms with Crippen LogP contribution >= 0.6 is 0 Å². The van der Waals surface area contributed by atoms with E-state index in [0.717, 1.165) is 47.8 Å². The van der Waals surface area contributed by atoms with Crippen molar-refractivity contribution in [3.63, 3.8) is 0 Å². The highest BCUT2D eigenvalue weighted by atomic mass is 32.2. The number of benzene rings is 2. The van der Waals surface area contributed by atoms with E-state index in [1.807, 2.05) is 42.6 Å². The van der Waals surface area contributed by atoms with Crippen molar-refractivity contribution in [1.29, 1.82) is 0 Å². The van der Waals surface area contributed by atoms with Crippen LogP contribution in [0.2, 0.25) is 0 Å². The average molecular weight is 613 g/mol. The SMILES string of the molecule is CCCn1cc2c3c(cc(C(=O)N[C@@H](Cc4ccccc4)[C@H](O)CNC4CCCCC4)cc31)N(C)S(=O)(=O)CC2.O=CO. The number of aliphatic hydroxyl groups excluding tert-OH is 1. The summed E-state index contributed by atoms with van der Waals surface area (Å²) in [5.74, 6) is -0.291. The third-order valence-electron chi connectivity index (χ3n) is 8.45. The van der Waals surface area contributed by atoms with Gasteiger partial charge >= 0.3 is 0 Å². The summed E-state index contributed by atoms with van der Waals surface area (Å²) in [4.78, 5) is 22.2. The molecule has 2 aromatic carbocycles. The lowest BCUT2D eigenvalue weighted by atomic mass is 9.94. The first-order valence-corrected chi connectivity index (χ1v) is 16.8. The molecule has 3 aromatic rings. The fourth-order valence-electron chi connectivity index (χ4n) is 6.15. The molecule has 1 aliphatic heterocycles. The highest BCUT2D eigenvalue weighted by Crippen LogP contribution is 2.37. The van der Waals surface area contributed by atoms with Crippen LogP contribution in [0.4, 0.5) is 5.69 Å². The highest BCUT2D eigenvalue weighted by Gasteiger charge is 2.30. The van der Waals surface area contributed by atoms with Gasteiger partial charge in [0.15, 0.2) is 0 Å². The summed E-state index contributed by atoms with van der Waals surface area (Å²) in [7, 11) is -1.93. The molecule has 0 unspecified atom stereocenters. The van der Waals surface area contributed by atoms with Gasteiger partial charge in [0.2, 0.25) is 10.0 Å². The van der Waals surface area contributed by atoms with Gasteiger partial charge in [0.05, 0.1) is 29.1 Å². The minimum absolute atomic E-state index is 0.0320. The number of hydrogen-bond donors (Lipinski definition) is 4. The molecule has 43 heavy (non-hydrogen) atoms. The molecule has 10 nitrogen and oxygen atoms in total. The van der Waals surface area contributed by atoms with E-state index in [-0.39, 0.29) is 18.1 Å². The zero-order chi connectivity index (χ0) is 31.0. The van der Waals surface area contributed by atoms with Gasteiger partial charge in [-0.25, -0.2) is 8.42 Å². The molecule has 11 heteroatoms. The lowest BCUT2D eigenvalue weighted by Crippen LogP contribution is -2.50. The second kappa shape index (κ2) is 14.9. The van der Waals surface area contributed by atoms with E-state index in [0.29, 0.717) is 36.7 Å². The number of hydrogen-bond acceptors (Lipinski definition) is 6. The van der Waals surface area contributed by atoms with Crippen LogP contribution in [0.3, 0.4) is 0 Å². The first-order valence-electron chi connectivity index (χ1n) is 15.1. The third-order valence-corrected chi connectivity index (χ3v) is 10.2. The number of rotatable bonds is 10. The number of carbonyl (C=O) groups is 2. The quantitative estimate of drug-likeness (QED) is 0.256. The number of nitrogens with zero attached hydrogens (tertiary/aromatic N) is 2. The number of amides is 1. The summed E-state index contributed by atoms with van der Waals surface area (Å²) in [5, 5.41) is 25.7. The van der Waals surface area contributed by atoms with Gasteiger partial charge in [-0.15, -0.1) is 0 Å². The molecule has 1 fully saturated rings. The lowest BCUT2D eigenvalue weighted by molar-refractivity contribution is -0.122. The minimum atomic E-state index is -3.50. The van der Waals surface area contributed by atoms with E-state index < -0.39 is 22.2 Å². The molecular formula is C32H44N4O6S. The van der Waals surface area contributed by atoms with Crippen LogP contribution in [0.1, 0.15) is 66.9 Å². The molecule has 0 bridgehead atoms. The third kappa shape index (κ3) is 7.95. The van der Waals surface area contributed by atoms with Crippen LogP contribution < -0.4 is 14.9 Å². The van der Waals surface area contributed by atoms with E-state index in [9.17, 15) is 18.3 Å². The smallest absolute Gasteiger partial charge is 0.290 e. The summed E-state index contributed by atoms with van der Waals surface area (Å²) in [6.45, 7) is 3.03. The minimum Gasteiger partial charge on any atom is -0.483 e. The van der Waals surface area contributed by atoms with Crippen molar-refractivity contribution in [3.8, 4) is 0 Å². The topological polar surface area (TPSA) is 141 Å². The van der Waals surface area contributed by atoms with E-state index in [4.69, 9.17) is 9.90 Å². The molecule has 4 N–H and O–H groups in total. The molecule has 1 aromatic heterocycles. The Morgan fingerprint density at radius 3 is 2.51 bits per heavy atom. The first-order chi connectivity index (χ1) is 20.7. The Labute approximate surface area is 254 Å². The van der Waals surface area contributed by atoms with E-state index in [1.54, 1.807) is 13.1 Å². The Kier molecular flexibility index (Phi) is 11.2. The Balaban J connectivity index is 0.00000135. The van der Waals surface area contributed by atoms with Crippen LogP contribution in [0, 0.1) is 0 Å². The molecule has 2 heterocycles. The molecule has 5 rings (SSSR count). The standard InChI is InChI=1S/C31H42N4O4S.CH2O2/c1-3-15-35-21-23-14-16-40(38,39)34(2)27-18-24(19-28(35)30(23)27)31(37)33-26(17-22-10-6-4-7-11-22)29(36)20-32-25-12-8-5-9-13-25;2-1-3/h4,6-7,10-11,18-19,21,25-26,29,32,36H,3,5,8-9,12-17,20H2,1-2H3,(H,33,37);1H,(H,2,3)/t26-,29+;/m0./s1. The number of aryl methyl sites for hydroxylation is 2. The molecule has 0 spiro atoms. The van der Waals surface area contributed by atoms with Crippen molar-refractivity contribution < 1.29 is 28.2 Å². The molecule has 2 aliphatic rings. The predicted molar refractivity (Wildman–Crippen MR) is 169 cm³/mol. The van der Waals surface area contributed by atoms with Crippen LogP contribution in [0.15, 0.2) is 48.7 Å². The second-order valence-corrected chi connectivity index (χ2v) is 13.6. The Morgan fingerprint density at radius 2 is 1.84 bits per heavy atom. The monoisotopic (exact) mass is 612 g/mol. The van der Waals surface area contributed by atoms with Crippen molar-refractivity contribution in [2.75, 3.05) is 23.7 Å². The van der Waals surface area contributed by atoms with Gasteiger partial charge in [0.1, 0.15) is 0 Å². The maximum atomic E-state index is 13.8. The predicted octanol–water partition coefficient (Wildman–Crippen LogP) is 3.70. The lowest BCUT2D eigenvalue weighted by Gasteiger charge is -2.28. The van der Waals surface area contributed by atoms with Crippen LogP contribution in [-0.2, 0) is 34.2 Å². The van der Waals surface area contributed by atoms with Gasteiger partial charge in [0, 0.05) is 43.3 Å². The average Bonchev–Trinajstić information content (AvgIpc) is 3.32. The van der Waals surface area contributed by atoms with Crippen molar-refractivity contribution in [2.24, 2.45) is 0 Å². The highest BCUT2D eigenvalue weighted by molar-refractivity contribution is 7.92. The van der Waals surface area contributed by atoms with Gasteiger partial charge in [-0.3, -0.25) is 13.9 Å². The largest absolute Gasteiger partial charge is 0.483 e. The van der Waals surface area contributed by atoms with Gasteiger partial charge in [-0.2, -0.15) is 0 Å².